The number of aliphatic hydroxyl groups is 1. The van der Waals surface area contributed by atoms with E-state index in [9.17, 15) is 13.5 Å². The highest BCUT2D eigenvalue weighted by molar-refractivity contribution is 7.90. The van der Waals surface area contributed by atoms with Gasteiger partial charge in [-0.3, -0.25) is 0 Å². The molecule has 1 unspecified atom stereocenters. The van der Waals surface area contributed by atoms with E-state index < -0.39 is 16.1 Å². The molecule has 0 bridgehead atoms. The maximum atomic E-state index is 13.2. The minimum atomic E-state index is -3.85. The van der Waals surface area contributed by atoms with Gasteiger partial charge < -0.3 is 9.52 Å². The van der Waals surface area contributed by atoms with Crippen molar-refractivity contribution in [3.8, 4) is 0 Å². The predicted octanol–water partition coefficient (Wildman–Crippen LogP) is 3.14. The summed E-state index contributed by atoms with van der Waals surface area (Å²) in [6.45, 7) is 0. The highest BCUT2D eigenvalue weighted by Gasteiger charge is 2.26. The van der Waals surface area contributed by atoms with E-state index in [1.165, 1.54) is 22.4 Å². The van der Waals surface area contributed by atoms with Gasteiger partial charge in [-0.25, -0.2) is 17.4 Å². The first kappa shape index (κ1) is 16.6. The van der Waals surface area contributed by atoms with Crippen LogP contribution < -0.4 is 0 Å². The molecule has 1 atom stereocenters. The molecule has 26 heavy (non-hydrogen) atoms. The lowest BCUT2D eigenvalue weighted by molar-refractivity contribution is 0.148. The Kier molecular flexibility index (Phi) is 4.10. The quantitative estimate of drug-likeness (QED) is 0.585. The van der Waals surface area contributed by atoms with Crippen molar-refractivity contribution in [2.45, 2.75) is 17.4 Å². The van der Waals surface area contributed by atoms with Crippen molar-refractivity contribution in [2.24, 2.45) is 0 Å². The summed E-state index contributed by atoms with van der Waals surface area (Å²) in [4.78, 5) is 4.60. The SMILES string of the molecule is O=S(=O)(c1ccccc1)n1c(CC(O)c2ccco2)nc2ccccc21. The summed E-state index contributed by atoms with van der Waals surface area (Å²) in [5.74, 6) is 0.611. The minimum absolute atomic E-state index is 0.00819. The van der Waals surface area contributed by atoms with Gasteiger partial charge in [0.05, 0.1) is 22.2 Å². The molecule has 0 aliphatic carbocycles. The van der Waals surface area contributed by atoms with Gasteiger partial charge in [0, 0.05) is 6.42 Å². The molecule has 0 radical (unpaired) electrons. The van der Waals surface area contributed by atoms with Crippen molar-refractivity contribution in [2.75, 3.05) is 0 Å². The Morgan fingerprint density at radius 3 is 2.46 bits per heavy atom. The molecule has 132 valence electrons. The zero-order valence-electron chi connectivity index (χ0n) is 13.7. The summed E-state index contributed by atoms with van der Waals surface area (Å²) in [5, 5.41) is 10.4. The predicted molar refractivity (Wildman–Crippen MR) is 96.1 cm³/mol. The Bertz CT molecular complexity index is 1130. The molecule has 7 heteroatoms. The molecule has 6 nitrogen and oxygen atoms in total. The van der Waals surface area contributed by atoms with Gasteiger partial charge in [0.1, 0.15) is 17.7 Å². The van der Waals surface area contributed by atoms with E-state index in [4.69, 9.17) is 4.42 Å². The molecule has 2 heterocycles. The molecule has 2 aromatic heterocycles. The lowest BCUT2D eigenvalue weighted by Crippen LogP contribution is -2.17. The maximum Gasteiger partial charge on any atom is 0.269 e. The number of aromatic nitrogens is 2. The van der Waals surface area contributed by atoms with Crippen LogP contribution in [0.3, 0.4) is 0 Å². The zero-order chi connectivity index (χ0) is 18.1. The Balaban J connectivity index is 1.87. The van der Waals surface area contributed by atoms with Crippen molar-refractivity contribution in [3.05, 3.63) is 84.6 Å². The lowest BCUT2D eigenvalue weighted by Gasteiger charge is -2.12. The fraction of sp³-hybridized carbons (Fsp3) is 0.105. The number of para-hydroxylation sites is 2. The van der Waals surface area contributed by atoms with E-state index in [1.54, 1.807) is 54.6 Å². The van der Waals surface area contributed by atoms with Crippen molar-refractivity contribution in [1.82, 2.24) is 8.96 Å². The van der Waals surface area contributed by atoms with Crippen LogP contribution in [0, 0.1) is 0 Å². The van der Waals surface area contributed by atoms with E-state index >= 15 is 0 Å². The standard InChI is InChI=1S/C19H16N2O4S/c22-17(18-11-6-12-25-18)13-19-20-15-9-4-5-10-16(15)21(19)26(23,24)14-7-2-1-3-8-14/h1-12,17,22H,13H2. The molecule has 4 rings (SSSR count). The summed E-state index contributed by atoms with van der Waals surface area (Å²) >= 11 is 0. The smallest absolute Gasteiger partial charge is 0.269 e. The Labute approximate surface area is 150 Å². The van der Waals surface area contributed by atoms with Crippen LogP contribution in [-0.4, -0.2) is 22.5 Å². The molecule has 0 aliphatic rings. The fourth-order valence-electron chi connectivity index (χ4n) is 2.90. The molecule has 0 spiro atoms. The summed E-state index contributed by atoms with van der Waals surface area (Å²) in [6.07, 6.45) is 0.475. The number of rotatable bonds is 5. The minimum Gasteiger partial charge on any atom is -0.467 e. The Morgan fingerprint density at radius 1 is 1.00 bits per heavy atom. The summed E-state index contributed by atoms with van der Waals surface area (Å²) in [6, 6.07) is 18.5. The number of benzene rings is 2. The van der Waals surface area contributed by atoms with Crippen LogP contribution in [0.25, 0.3) is 11.0 Å². The van der Waals surface area contributed by atoms with Gasteiger partial charge in [-0.15, -0.1) is 0 Å². The first-order chi connectivity index (χ1) is 12.6. The maximum absolute atomic E-state index is 13.2. The average molecular weight is 368 g/mol. The third-order valence-electron chi connectivity index (χ3n) is 4.11. The molecular formula is C19H16N2O4S. The Morgan fingerprint density at radius 2 is 1.73 bits per heavy atom. The first-order valence-corrected chi connectivity index (χ1v) is 9.50. The van der Waals surface area contributed by atoms with E-state index in [-0.39, 0.29) is 17.1 Å². The van der Waals surface area contributed by atoms with Crippen LogP contribution in [0.5, 0.6) is 0 Å². The molecule has 0 saturated heterocycles. The molecule has 0 aliphatic heterocycles. The largest absolute Gasteiger partial charge is 0.467 e. The topological polar surface area (TPSA) is 85.3 Å². The van der Waals surface area contributed by atoms with Gasteiger partial charge in [0.15, 0.2) is 0 Å². The normalized spacial score (nSPS) is 13.1. The number of hydrogen-bond acceptors (Lipinski definition) is 5. The number of imidazole rings is 1. The van der Waals surface area contributed by atoms with E-state index in [2.05, 4.69) is 4.98 Å². The molecule has 4 aromatic rings. The van der Waals surface area contributed by atoms with Crippen molar-refractivity contribution in [3.63, 3.8) is 0 Å². The number of furan rings is 1. The van der Waals surface area contributed by atoms with Gasteiger partial charge >= 0.3 is 0 Å². The first-order valence-electron chi connectivity index (χ1n) is 8.06. The van der Waals surface area contributed by atoms with Crippen LogP contribution in [0.2, 0.25) is 0 Å². The second kappa shape index (κ2) is 6.44. The highest BCUT2D eigenvalue weighted by atomic mass is 32.2. The van der Waals surface area contributed by atoms with Gasteiger partial charge in [-0.05, 0) is 36.4 Å². The monoisotopic (exact) mass is 368 g/mol. The lowest BCUT2D eigenvalue weighted by atomic mass is 10.2. The number of fused-ring (bicyclic) bond motifs is 1. The van der Waals surface area contributed by atoms with Crippen LogP contribution in [0.1, 0.15) is 17.7 Å². The number of hydrogen-bond donors (Lipinski definition) is 1. The average Bonchev–Trinajstić information content (AvgIpc) is 3.30. The third kappa shape index (κ3) is 2.81. The van der Waals surface area contributed by atoms with E-state index in [0.29, 0.717) is 16.8 Å². The summed E-state index contributed by atoms with van der Waals surface area (Å²) in [5.41, 5.74) is 1.02. The van der Waals surface area contributed by atoms with Crippen molar-refractivity contribution < 1.29 is 17.9 Å². The van der Waals surface area contributed by atoms with Crippen molar-refractivity contribution in [1.29, 1.82) is 0 Å². The van der Waals surface area contributed by atoms with Crippen LogP contribution in [-0.2, 0) is 16.4 Å². The fourth-order valence-corrected chi connectivity index (χ4v) is 4.42. The molecule has 0 saturated carbocycles. The van der Waals surface area contributed by atoms with Gasteiger partial charge in [0.25, 0.3) is 10.0 Å². The number of aliphatic hydroxyl groups excluding tert-OH is 1. The Hall–Kier alpha value is -2.90. The van der Waals surface area contributed by atoms with Crippen molar-refractivity contribution >= 4 is 21.1 Å². The summed E-state index contributed by atoms with van der Waals surface area (Å²) in [7, 11) is -3.85. The molecule has 0 amide bonds. The number of nitrogens with zero attached hydrogens (tertiary/aromatic N) is 2. The second-order valence-electron chi connectivity index (χ2n) is 5.83. The van der Waals surface area contributed by atoms with Crippen LogP contribution in [0.15, 0.2) is 82.3 Å². The van der Waals surface area contributed by atoms with E-state index in [1.807, 2.05) is 0 Å². The molecular weight excluding hydrogens is 352 g/mol. The van der Waals surface area contributed by atoms with Crippen LogP contribution >= 0.6 is 0 Å². The van der Waals surface area contributed by atoms with Gasteiger partial charge in [-0.2, -0.15) is 0 Å². The van der Waals surface area contributed by atoms with Crippen LogP contribution in [0.4, 0.5) is 0 Å². The third-order valence-corrected chi connectivity index (χ3v) is 5.87. The highest BCUT2D eigenvalue weighted by Crippen LogP contribution is 2.26. The molecule has 2 aromatic carbocycles. The summed E-state index contributed by atoms with van der Waals surface area (Å²) < 4.78 is 32.8. The second-order valence-corrected chi connectivity index (χ2v) is 7.62. The van der Waals surface area contributed by atoms with Gasteiger partial charge in [0.2, 0.25) is 0 Å². The van der Waals surface area contributed by atoms with Gasteiger partial charge in [-0.1, -0.05) is 30.3 Å². The molecule has 0 fully saturated rings. The van der Waals surface area contributed by atoms with E-state index in [0.717, 1.165) is 0 Å². The zero-order valence-corrected chi connectivity index (χ0v) is 14.5. The molecule has 1 N–H and O–H groups in total.